The van der Waals surface area contributed by atoms with Gasteiger partial charge in [0.05, 0.1) is 20.2 Å². The van der Waals surface area contributed by atoms with Gasteiger partial charge in [0.2, 0.25) is 0 Å². The van der Waals surface area contributed by atoms with Crippen molar-refractivity contribution in [3.8, 4) is 5.75 Å². The third-order valence-electron chi connectivity index (χ3n) is 5.35. The molecule has 2 aromatic carbocycles. The molecule has 134 valence electrons. The quantitative estimate of drug-likeness (QED) is 0.724. The first-order valence-electron chi connectivity index (χ1n) is 9.22. The molecular formula is C22H26N3O+. The summed E-state index contributed by atoms with van der Waals surface area (Å²) < 4.78 is 5.55. The number of hydrogen-bond acceptors (Lipinski definition) is 3. The Labute approximate surface area is 155 Å². The number of piperazine rings is 1. The van der Waals surface area contributed by atoms with Gasteiger partial charge in [0, 0.05) is 17.1 Å². The van der Waals surface area contributed by atoms with E-state index in [1.165, 1.54) is 28.0 Å². The molecule has 1 aliphatic heterocycles. The number of aromatic nitrogens is 1. The summed E-state index contributed by atoms with van der Waals surface area (Å²) in [4.78, 5) is 8.53. The lowest BCUT2D eigenvalue weighted by Gasteiger charge is -2.33. The Balaban J connectivity index is 1.59. The van der Waals surface area contributed by atoms with Gasteiger partial charge in [0.1, 0.15) is 13.1 Å². The monoisotopic (exact) mass is 348 g/mol. The number of H-pyrrole nitrogens is 1. The van der Waals surface area contributed by atoms with Crippen LogP contribution in [0.3, 0.4) is 0 Å². The number of nitrogens with zero attached hydrogens (tertiary/aromatic N) is 2. The van der Waals surface area contributed by atoms with Crippen LogP contribution in [0.5, 0.6) is 5.75 Å². The second-order valence-corrected chi connectivity index (χ2v) is 6.98. The van der Waals surface area contributed by atoms with E-state index in [-0.39, 0.29) is 0 Å². The predicted octanol–water partition coefficient (Wildman–Crippen LogP) is 3.61. The molecule has 1 N–H and O–H groups in total. The number of hydrogen-bond donors (Lipinski definition) is 0. The summed E-state index contributed by atoms with van der Waals surface area (Å²) in [6, 6.07) is 17.1. The van der Waals surface area contributed by atoms with Crippen molar-refractivity contribution in [3.05, 3.63) is 59.7 Å². The average molecular weight is 348 g/mol. The largest absolute Gasteiger partial charge is 0.492 e. The molecule has 4 nitrogen and oxygen atoms in total. The first-order valence-corrected chi connectivity index (χ1v) is 9.22. The number of benzene rings is 2. The van der Waals surface area contributed by atoms with Crippen LogP contribution in [0.15, 0.2) is 48.5 Å². The van der Waals surface area contributed by atoms with Crippen LogP contribution in [0, 0.1) is 13.8 Å². The fraction of sp³-hybridized carbons (Fsp3) is 0.318. The Morgan fingerprint density at radius 2 is 1.58 bits per heavy atom. The molecule has 0 radical (unpaired) electrons. The molecule has 0 saturated carbocycles. The van der Waals surface area contributed by atoms with Crippen molar-refractivity contribution in [2.45, 2.75) is 13.8 Å². The van der Waals surface area contributed by atoms with Crippen molar-refractivity contribution in [3.63, 3.8) is 0 Å². The zero-order chi connectivity index (χ0) is 18.1. The maximum absolute atomic E-state index is 5.55. The molecule has 0 bridgehead atoms. The number of fused-ring (bicyclic) bond motifs is 1. The van der Waals surface area contributed by atoms with Crippen molar-refractivity contribution in [2.24, 2.45) is 0 Å². The highest BCUT2D eigenvalue weighted by atomic mass is 16.5. The number of aromatic amines is 1. The molecule has 0 unspecified atom stereocenters. The van der Waals surface area contributed by atoms with Crippen molar-refractivity contribution >= 4 is 22.4 Å². The molecule has 4 heteroatoms. The fourth-order valence-electron chi connectivity index (χ4n) is 3.88. The Hall–Kier alpha value is -2.75. The van der Waals surface area contributed by atoms with Gasteiger partial charge in [0.25, 0.3) is 5.82 Å². The molecular weight excluding hydrogens is 322 g/mol. The number of pyridine rings is 1. The summed E-state index contributed by atoms with van der Waals surface area (Å²) in [5.41, 5.74) is 5.05. The van der Waals surface area contributed by atoms with Gasteiger partial charge in [-0.15, -0.1) is 0 Å². The van der Waals surface area contributed by atoms with Gasteiger partial charge in [-0.25, -0.2) is 4.98 Å². The van der Waals surface area contributed by atoms with Gasteiger partial charge in [-0.05, 0) is 37.1 Å². The summed E-state index contributed by atoms with van der Waals surface area (Å²) in [6.07, 6.45) is 0. The number of aryl methyl sites for hydroxylation is 2. The van der Waals surface area contributed by atoms with Crippen LogP contribution in [0.2, 0.25) is 0 Å². The first kappa shape index (κ1) is 16.7. The van der Waals surface area contributed by atoms with Crippen LogP contribution in [-0.2, 0) is 0 Å². The van der Waals surface area contributed by atoms with E-state index in [4.69, 9.17) is 4.74 Å². The van der Waals surface area contributed by atoms with Gasteiger partial charge >= 0.3 is 0 Å². The Bertz CT molecular complexity index is 930. The maximum Gasteiger partial charge on any atom is 0.275 e. The van der Waals surface area contributed by atoms with E-state index in [0.29, 0.717) is 0 Å². The van der Waals surface area contributed by atoms with Crippen LogP contribution < -0.4 is 19.5 Å². The molecule has 1 fully saturated rings. The number of para-hydroxylation sites is 2. The van der Waals surface area contributed by atoms with Crippen LogP contribution >= 0.6 is 0 Å². The molecule has 0 atom stereocenters. The molecule has 1 saturated heterocycles. The predicted molar refractivity (Wildman–Crippen MR) is 107 cm³/mol. The van der Waals surface area contributed by atoms with E-state index in [9.17, 15) is 0 Å². The summed E-state index contributed by atoms with van der Waals surface area (Å²) in [6.45, 7) is 8.43. The number of rotatable bonds is 3. The molecule has 1 aromatic heterocycles. The SMILES string of the molecule is COc1cccc2c(C)cc(N3CCN(c4ccccc4C)CC3)[nH+]c12. The van der Waals surface area contributed by atoms with Crippen LogP contribution in [0.1, 0.15) is 11.1 Å². The first-order chi connectivity index (χ1) is 12.7. The highest BCUT2D eigenvalue weighted by molar-refractivity contribution is 5.85. The number of methoxy groups -OCH3 is 1. The number of ether oxygens (including phenoxy) is 1. The van der Waals surface area contributed by atoms with E-state index in [1.807, 2.05) is 12.1 Å². The van der Waals surface area contributed by atoms with Gasteiger partial charge in [-0.3, -0.25) is 4.90 Å². The highest BCUT2D eigenvalue weighted by Crippen LogP contribution is 2.27. The highest BCUT2D eigenvalue weighted by Gasteiger charge is 2.25. The van der Waals surface area contributed by atoms with E-state index in [2.05, 4.69) is 65.0 Å². The van der Waals surface area contributed by atoms with Gasteiger partial charge in [-0.1, -0.05) is 30.3 Å². The second kappa shape index (κ2) is 6.87. The molecule has 0 aliphatic carbocycles. The van der Waals surface area contributed by atoms with Crippen LogP contribution in [0.4, 0.5) is 11.5 Å². The molecule has 0 spiro atoms. The Morgan fingerprint density at radius 1 is 0.846 bits per heavy atom. The van der Waals surface area contributed by atoms with Gasteiger partial charge in [-0.2, -0.15) is 0 Å². The normalized spacial score (nSPS) is 14.7. The van der Waals surface area contributed by atoms with E-state index < -0.39 is 0 Å². The third kappa shape index (κ3) is 2.96. The summed E-state index contributed by atoms with van der Waals surface area (Å²) in [5, 5.41) is 1.21. The lowest BCUT2D eigenvalue weighted by molar-refractivity contribution is -0.331. The number of anilines is 2. The summed E-state index contributed by atoms with van der Waals surface area (Å²) >= 11 is 0. The minimum atomic E-state index is 0.894. The smallest absolute Gasteiger partial charge is 0.275 e. The zero-order valence-corrected chi connectivity index (χ0v) is 15.7. The van der Waals surface area contributed by atoms with Crippen molar-refractivity contribution in [1.82, 2.24) is 0 Å². The topological polar surface area (TPSA) is 29.9 Å². The van der Waals surface area contributed by atoms with Crippen LogP contribution in [-0.4, -0.2) is 33.3 Å². The average Bonchev–Trinajstić information content (AvgIpc) is 2.68. The molecule has 0 amide bonds. The van der Waals surface area contributed by atoms with E-state index in [0.717, 1.165) is 37.4 Å². The van der Waals surface area contributed by atoms with Crippen molar-refractivity contribution in [2.75, 3.05) is 43.1 Å². The van der Waals surface area contributed by atoms with Gasteiger partial charge in [0.15, 0.2) is 11.3 Å². The minimum Gasteiger partial charge on any atom is -0.492 e. The molecule has 1 aliphatic rings. The van der Waals surface area contributed by atoms with Crippen molar-refractivity contribution in [1.29, 1.82) is 0 Å². The molecule has 4 rings (SSSR count). The van der Waals surface area contributed by atoms with Crippen LogP contribution in [0.25, 0.3) is 10.9 Å². The summed E-state index contributed by atoms with van der Waals surface area (Å²) in [5.74, 6) is 2.06. The standard InChI is InChI=1S/C22H25N3O/c1-16-7-4-5-9-19(16)24-11-13-25(14-12-24)21-15-17(2)18-8-6-10-20(26-3)22(18)23-21/h4-10,15H,11-14H2,1-3H3/p+1. The molecule has 2 heterocycles. The maximum atomic E-state index is 5.55. The summed E-state index contributed by atoms with van der Waals surface area (Å²) in [7, 11) is 1.73. The molecule has 26 heavy (non-hydrogen) atoms. The Morgan fingerprint density at radius 3 is 2.31 bits per heavy atom. The van der Waals surface area contributed by atoms with Gasteiger partial charge < -0.3 is 9.64 Å². The lowest BCUT2D eigenvalue weighted by Crippen LogP contribution is -2.48. The lowest BCUT2D eigenvalue weighted by atomic mass is 10.1. The number of nitrogens with one attached hydrogen (secondary N) is 1. The molecule has 3 aromatic rings. The van der Waals surface area contributed by atoms with E-state index in [1.54, 1.807) is 7.11 Å². The minimum absolute atomic E-state index is 0.894. The van der Waals surface area contributed by atoms with Crippen molar-refractivity contribution < 1.29 is 9.72 Å². The fourth-order valence-corrected chi connectivity index (χ4v) is 3.88. The Kier molecular flexibility index (Phi) is 4.41. The second-order valence-electron chi connectivity index (χ2n) is 6.98. The van der Waals surface area contributed by atoms with E-state index >= 15 is 0 Å². The zero-order valence-electron chi connectivity index (χ0n) is 15.7. The third-order valence-corrected chi connectivity index (χ3v) is 5.35.